The molecule has 28 heavy (non-hydrogen) atoms. The van der Waals surface area contributed by atoms with E-state index in [4.69, 9.17) is 4.74 Å². The van der Waals surface area contributed by atoms with Gasteiger partial charge in [-0.1, -0.05) is 36.8 Å². The van der Waals surface area contributed by atoms with E-state index in [0.717, 1.165) is 23.5 Å². The van der Waals surface area contributed by atoms with Crippen molar-refractivity contribution in [2.24, 2.45) is 4.99 Å². The first-order valence-corrected chi connectivity index (χ1v) is 9.48. The van der Waals surface area contributed by atoms with Gasteiger partial charge in [-0.2, -0.15) is 0 Å². The summed E-state index contributed by atoms with van der Waals surface area (Å²) in [7, 11) is 0. The van der Waals surface area contributed by atoms with E-state index in [1.54, 1.807) is 20.1 Å². The Labute approximate surface area is 165 Å². The second-order valence-corrected chi connectivity index (χ2v) is 6.91. The molecule has 0 aliphatic heterocycles. The number of carbonyl (C=O) groups excluding carboxylic acids is 2. The molecule has 0 aliphatic rings. The highest BCUT2D eigenvalue weighted by molar-refractivity contribution is 5.89. The molecule has 2 N–H and O–H groups in total. The third-order valence-electron chi connectivity index (χ3n) is 4.07. The van der Waals surface area contributed by atoms with Crippen LogP contribution in [0.5, 0.6) is 0 Å². The van der Waals surface area contributed by atoms with Crippen molar-refractivity contribution in [2.75, 3.05) is 6.54 Å². The molecule has 1 aromatic heterocycles. The molecule has 0 saturated heterocycles. The maximum absolute atomic E-state index is 12.0. The van der Waals surface area contributed by atoms with Crippen molar-refractivity contribution in [1.82, 2.24) is 15.3 Å². The third-order valence-corrected chi connectivity index (χ3v) is 4.07. The molecule has 0 spiro atoms. The standard InChI is InChI=1S/C21H28N4O3/c1-5-18-12-23-20(25-18)17(10-16-8-6-15(4)7-9-16)11-22-19(26)13-24-21(27)28-14(2)3/h6-9,11-12,14,17H,5,10,13H2,1-4H3,(H,23,25)(H,24,27)/b22-11+. The number of aliphatic imine (C=N–C) groups is 1. The Morgan fingerprint density at radius 1 is 1.29 bits per heavy atom. The molecule has 1 atom stereocenters. The maximum atomic E-state index is 12.0. The van der Waals surface area contributed by atoms with E-state index in [0.29, 0.717) is 6.42 Å². The van der Waals surface area contributed by atoms with Gasteiger partial charge in [0.25, 0.3) is 5.91 Å². The summed E-state index contributed by atoms with van der Waals surface area (Å²) in [5.41, 5.74) is 3.28. The van der Waals surface area contributed by atoms with Gasteiger partial charge in [0, 0.05) is 12.4 Å². The predicted molar refractivity (Wildman–Crippen MR) is 109 cm³/mol. The van der Waals surface area contributed by atoms with Crippen LogP contribution in [0.1, 0.15) is 49.3 Å². The first-order chi connectivity index (χ1) is 13.4. The van der Waals surface area contributed by atoms with E-state index in [1.165, 1.54) is 5.56 Å². The van der Waals surface area contributed by atoms with Crippen molar-refractivity contribution in [3.05, 3.63) is 53.1 Å². The molecule has 150 valence electrons. The summed E-state index contributed by atoms with van der Waals surface area (Å²) in [6.45, 7) is 7.34. The first-order valence-electron chi connectivity index (χ1n) is 9.48. The molecule has 0 saturated carbocycles. The Hall–Kier alpha value is -2.96. The van der Waals surface area contributed by atoms with Gasteiger partial charge in [-0.25, -0.2) is 14.8 Å². The minimum absolute atomic E-state index is 0.172. The molecule has 0 radical (unpaired) electrons. The number of aryl methyl sites for hydroxylation is 2. The van der Waals surface area contributed by atoms with Gasteiger partial charge in [-0.15, -0.1) is 0 Å². The largest absolute Gasteiger partial charge is 0.447 e. The van der Waals surface area contributed by atoms with Crippen molar-refractivity contribution >= 4 is 18.2 Å². The van der Waals surface area contributed by atoms with Crippen LogP contribution in [0.25, 0.3) is 0 Å². The number of ether oxygens (including phenoxy) is 1. The number of benzene rings is 1. The Morgan fingerprint density at radius 2 is 2.00 bits per heavy atom. The number of alkyl carbamates (subject to hydrolysis) is 1. The Bertz CT molecular complexity index is 809. The van der Waals surface area contributed by atoms with Crippen LogP contribution in [-0.2, 0) is 22.4 Å². The lowest BCUT2D eigenvalue weighted by Crippen LogP contribution is -2.31. The number of amides is 2. The number of nitrogens with one attached hydrogen (secondary N) is 2. The average Bonchev–Trinajstić information content (AvgIpc) is 3.13. The Balaban J connectivity index is 2.05. The van der Waals surface area contributed by atoms with Crippen LogP contribution in [-0.4, -0.2) is 40.8 Å². The summed E-state index contributed by atoms with van der Waals surface area (Å²) in [6, 6.07) is 8.23. The van der Waals surface area contributed by atoms with E-state index < -0.39 is 12.0 Å². The molecule has 0 fully saturated rings. The van der Waals surface area contributed by atoms with E-state index in [-0.39, 0.29) is 18.6 Å². The fourth-order valence-corrected chi connectivity index (χ4v) is 2.57. The number of nitrogens with zero attached hydrogens (tertiary/aromatic N) is 2. The van der Waals surface area contributed by atoms with Crippen LogP contribution in [0.4, 0.5) is 4.79 Å². The lowest BCUT2D eigenvalue weighted by Gasteiger charge is -2.10. The highest BCUT2D eigenvalue weighted by atomic mass is 16.6. The van der Waals surface area contributed by atoms with Gasteiger partial charge in [-0.05, 0) is 39.2 Å². The SMILES string of the molecule is CCc1c[nH]c(C(/C=N/C(=O)CNC(=O)OC(C)C)Cc2ccc(C)cc2)n1. The lowest BCUT2D eigenvalue weighted by molar-refractivity contribution is -0.116. The van der Waals surface area contributed by atoms with Gasteiger partial charge in [0.2, 0.25) is 0 Å². The fraction of sp³-hybridized carbons (Fsp3) is 0.429. The highest BCUT2D eigenvalue weighted by Crippen LogP contribution is 2.18. The highest BCUT2D eigenvalue weighted by Gasteiger charge is 2.15. The molecule has 1 heterocycles. The number of aromatic amines is 1. The zero-order valence-corrected chi connectivity index (χ0v) is 16.9. The lowest BCUT2D eigenvalue weighted by atomic mass is 9.99. The number of hydrogen-bond donors (Lipinski definition) is 2. The second kappa shape index (κ2) is 10.4. The summed E-state index contributed by atoms with van der Waals surface area (Å²) in [5.74, 6) is 0.146. The minimum Gasteiger partial charge on any atom is -0.447 e. The van der Waals surface area contributed by atoms with Crippen molar-refractivity contribution in [1.29, 1.82) is 0 Å². The van der Waals surface area contributed by atoms with Crippen LogP contribution in [0, 0.1) is 6.92 Å². The summed E-state index contributed by atoms with van der Waals surface area (Å²) in [6.07, 6.45) is 4.08. The number of rotatable bonds is 8. The summed E-state index contributed by atoms with van der Waals surface area (Å²) in [4.78, 5) is 35.3. The molecule has 0 bridgehead atoms. The summed E-state index contributed by atoms with van der Waals surface area (Å²) in [5, 5.41) is 2.40. The van der Waals surface area contributed by atoms with Gasteiger partial charge >= 0.3 is 6.09 Å². The maximum Gasteiger partial charge on any atom is 0.407 e. The minimum atomic E-state index is -0.631. The first kappa shape index (κ1) is 21.3. The number of hydrogen-bond acceptors (Lipinski definition) is 4. The average molecular weight is 384 g/mol. The third kappa shape index (κ3) is 6.98. The molecule has 1 unspecified atom stereocenters. The zero-order valence-electron chi connectivity index (χ0n) is 16.9. The topological polar surface area (TPSA) is 96.4 Å². The van der Waals surface area contributed by atoms with Crippen molar-refractivity contribution < 1.29 is 14.3 Å². The normalized spacial score (nSPS) is 12.3. The van der Waals surface area contributed by atoms with Crippen LogP contribution < -0.4 is 5.32 Å². The molecule has 0 aliphatic carbocycles. The number of carbonyl (C=O) groups is 2. The monoisotopic (exact) mass is 384 g/mol. The molecule has 2 amide bonds. The number of imidazole rings is 1. The molecular formula is C21H28N4O3. The van der Waals surface area contributed by atoms with Gasteiger partial charge in [0.1, 0.15) is 12.4 Å². The van der Waals surface area contributed by atoms with E-state index in [2.05, 4.69) is 44.5 Å². The number of aromatic nitrogens is 2. The summed E-state index contributed by atoms with van der Waals surface area (Å²) >= 11 is 0. The van der Waals surface area contributed by atoms with Crippen LogP contribution in [0.2, 0.25) is 0 Å². The molecule has 7 nitrogen and oxygen atoms in total. The van der Waals surface area contributed by atoms with Crippen molar-refractivity contribution in [3.8, 4) is 0 Å². The quantitative estimate of drug-likeness (QED) is 0.682. The molecule has 2 rings (SSSR count). The van der Waals surface area contributed by atoms with Gasteiger partial charge in [0.15, 0.2) is 0 Å². The number of H-pyrrole nitrogens is 1. The van der Waals surface area contributed by atoms with E-state index in [1.807, 2.05) is 20.0 Å². The molecule has 7 heteroatoms. The van der Waals surface area contributed by atoms with Crippen molar-refractivity contribution in [2.45, 2.75) is 52.6 Å². The Kier molecular flexibility index (Phi) is 7.92. The van der Waals surface area contributed by atoms with Crippen LogP contribution in [0.15, 0.2) is 35.5 Å². The van der Waals surface area contributed by atoms with E-state index in [9.17, 15) is 9.59 Å². The van der Waals surface area contributed by atoms with Gasteiger partial charge in [0.05, 0.1) is 17.7 Å². The zero-order chi connectivity index (χ0) is 20.5. The molecule has 1 aromatic carbocycles. The molecule has 2 aromatic rings. The summed E-state index contributed by atoms with van der Waals surface area (Å²) < 4.78 is 4.93. The Morgan fingerprint density at radius 3 is 2.61 bits per heavy atom. The van der Waals surface area contributed by atoms with Gasteiger partial charge < -0.3 is 15.0 Å². The van der Waals surface area contributed by atoms with E-state index >= 15 is 0 Å². The van der Waals surface area contributed by atoms with Crippen molar-refractivity contribution in [3.63, 3.8) is 0 Å². The smallest absolute Gasteiger partial charge is 0.407 e. The molecular weight excluding hydrogens is 356 g/mol. The van der Waals surface area contributed by atoms with Crippen LogP contribution >= 0.6 is 0 Å². The predicted octanol–water partition coefficient (Wildman–Crippen LogP) is 3.34. The van der Waals surface area contributed by atoms with Crippen LogP contribution in [0.3, 0.4) is 0 Å². The van der Waals surface area contributed by atoms with Gasteiger partial charge in [-0.3, -0.25) is 4.79 Å². The second-order valence-electron chi connectivity index (χ2n) is 6.91. The fourth-order valence-electron chi connectivity index (χ4n) is 2.57.